The van der Waals surface area contributed by atoms with E-state index in [1.165, 1.54) is 12.1 Å². The number of ether oxygens (including phenoxy) is 1. The van der Waals surface area contributed by atoms with Gasteiger partial charge in [0, 0.05) is 24.7 Å². The number of carbonyl (C=O) groups is 1. The van der Waals surface area contributed by atoms with Crippen LogP contribution in [0.25, 0.3) is 0 Å². The van der Waals surface area contributed by atoms with Crippen LogP contribution >= 0.6 is 11.6 Å². The molecule has 2 aromatic rings. The number of hydrogen-bond donors (Lipinski definition) is 2. The summed E-state index contributed by atoms with van der Waals surface area (Å²) in [5, 5.41) is 2.91. The summed E-state index contributed by atoms with van der Waals surface area (Å²) < 4.78 is 19.0. The lowest BCUT2D eigenvalue weighted by molar-refractivity contribution is 0.0549. The molecule has 0 radical (unpaired) electrons. The van der Waals surface area contributed by atoms with Crippen LogP contribution in [-0.4, -0.2) is 47.6 Å². The van der Waals surface area contributed by atoms with Crippen LogP contribution in [0.4, 0.5) is 14.9 Å². The fourth-order valence-corrected chi connectivity index (χ4v) is 3.48. The third kappa shape index (κ3) is 5.30. The predicted octanol–water partition coefficient (Wildman–Crippen LogP) is 3.23. The van der Waals surface area contributed by atoms with Crippen molar-refractivity contribution in [2.75, 3.05) is 25.1 Å². The number of halogens is 2. The van der Waals surface area contributed by atoms with Crippen LogP contribution in [0.1, 0.15) is 12.5 Å². The van der Waals surface area contributed by atoms with Gasteiger partial charge in [0.2, 0.25) is 0 Å². The van der Waals surface area contributed by atoms with E-state index in [0.29, 0.717) is 41.8 Å². The molecule has 158 valence electrons. The predicted molar refractivity (Wildman–Crippen MR) is 112 cm³/mol. The first kappa shape index (κ1) is 21.6. The van der Waals surface area contributed by atoms with Gasteiger partial charge in [-0.2, -0.15) is 0 Å². The van der Waals surface area contributed by atoms with E-state index in [-0.39, 0.29) is 18.6 Å². The Morgan fingerprint density at radius 1 is 1.30 bits per heavy atom. The average Bonchev–Trinajstić information content (AvgIpc) is 2.70. The third-order valence-corrected chi connectivity index (χ3v) is 5.15. The van der Waals surface area contributed by atoms with Gasteiger partial charge in [-0.05, 0) is 42.8 Å². The summed E-state index contributed by atoms with van der Waals surface area (Å²) in [6.07, 6.45) is 0. The van der Waals surface area contributed by atoms with Gasteiger partial charge in [-0.25, -0.2) is 14.0 Å². The van der Waals surface area contributed by atoms with E-state index >= 15 is 0 Å². The molecule has 1 heterocycles. The summed E-state index contributed by atoms with van der Waals surface area (Å²) in [4.78, 5) is 26.8. The first-order valence-electron chi connectivity index (χ1n) is 9.34. The molecule has 3 rings (SSSR count). The Morgan fingerprint density at radius 3 is 2.70 bits per heavy atom. The molecular weight excluding hydrogens is 411 g/mol. The number of primary amides is 1. The Hall–Kier alpha value is -3.06. The zero-order valence-electron chi connectivity index (χ0n) is 16.4. The van der Waals surface area contributed by atoms with E-state index in [1.807, 2.05) is 22.7 Å². The zero-order chi connectivity index (χ0) is 21.7. The van der Waals surface area contributed by atoms with Crippen molar-refractivity contribution in [3.05, 3.63) is 64.6 Å². The lowest BCUT2D eigenvalue weighted by atomic mass is 10.1. The molecule has 30 heavy (non-hydrogen) atoms. The Morgan fingerprint density at radius 2 is 2.03 bits per heavy atom. The van der Waals surface area contributed by atoms with E-state index in [2.05, 4.69) is 5.32 Å². The number of nitrogens with two attached hydrogens (primary N) is 1. The Kier molecular flexibility index (Phi) is 6.95. The van der Waals surface area contributed by atoms with Crippen molar-refractivity contribution in [3.63, 3.8) is 0 Å². The summed E-state index contributed by atoms with van der Waals surface area (Å²) in [5.41, 5.74) is 6.97. The first-order valence-corrected chi connectivity index (χ1v) is 9.72. The Bertz CT molecular complexity index is 963. The van der Waals surface area contributed by atoms with Crippen molar-refractivity contribution in [3.8, 4) is 5.75 Å². The van der Waals surface area contributed by atoms with Crippen molar-refractivity contribution < 1.29 is 18.7 Å². The van der Waals surface area contributed by atoms with Crippen molar-refractivity contribution in [2.24, 2.45) is 5.73 Å². The standard InChI is InChI=1S/C21H22ClFN4O3/c1-14-19(12-28)26(11-15-2-5-17(23)6-3-15)8-9-27(14)13-30-20-7-4-16(22)10-18(20)25-21(24)29/h2-7,10,14H,8-9,11,13H2,1H3,(H3,24,25,29). The second kappa shape index (κ2) is 9.63. The molecule has 1 atom stereocenters. The molecule has 1 unspecified atom stereocenters. The number of urea groups is 1. The van der Waals surface area contributed by atoms with Crippen LogP contribution < -0.4 is 15.8 Å². The molecule has 7 nitrogen and oxygen atoms in total. The van der Waals surface area contributed by atoms with E-state index < -0.39 is 6.03 Å². The highest BCUT2D eigenvalue weighted by atomic mass is 35.5. The smallest absolute Gasteiger partial charge is 0.316 e. The van der Waals surface area contributed by atoms with Crippen molar-refractivity contribution in [1.82, 2.24) is 9.80 Å². The molecule has 1 aliphatic rings. The summed E-state index contributed by atoms with van der Waals surface area (Å²) in [6.45, 7) is 3.80. The maximum atomic E-state index is 13.1. The number of benzene rings is 2. The minimum atomic E-state index is -0.726. The van der Waals surface area contributed by atoms with Crippen LogP contribution in [0.5, 0.6) is 5.75 Å². The monoisotopic (exact) mass is 432 g/mol. The average molecular weight is 433 g/mol. The van der Waals surface area contributed by atoms with Gasteiger partial charge in [0.1, 0.15) is 29.9 Å². The third-order valence-electron chi connectivity index (χ3n) is 4.92. The molecule has 0 saturated carbocycles. The highest BCUT2D eigenvalue weighted by Crippen LogP contribution is 2.29. The van der Waals surface area contributed by atoms with Gasteiger partial charge < -0.3 is 20.7 Å². The molecule has 1 saturated heterocycles. The summed E-state index contributed by atoms with van der Waals surface area (Å²) >= 11 is 5.97. The van der Waals surface area contributed by atoms with Gasteiger partial charge in [-0.3, -0.25) is 4.90 Å². The molecule has 0 bridgehead atoms. The molecule has 0 aromatic heterocycles. The first-order chi connectivity index (χ1) is 14.4. The van der Waals surface area contributed by atoms with Crippen LogP contribution in [0.2, 0.25) is 5.02 Å². The number of amides is 2. The van der Waals surface area contributed by atoms with E-state index in [9.17, 15) is 14.0 Å². The van der Waals surface area contributed by atoms with Crippen molar-refractivity contribution in [1.29, 1.82) is 0 Å². The number of piperazine rings is 1. The van der Waals surface area contributed by atoms with Gasteiger partial charge in [-0.15, -0.1) is 0 Å². The maximum absolute atomic E-state index is 13.1. The minimum Gasteiger partial charge on any atom is -0.476 e. The minimum absolute atomic E-state index is 0.186. The molecule has 9 heteroatoms. The van der Waals surface area contributed by atoms with Gasteiger partial charge in [0.15, 0.2) is 0 Å². The summed E-state index contributed by atoms with van der Waals surface area (Å²) in [5.74, 6) is 2.15. The number of nitrogens with zero attached hydrogens (tertiary/aromatic N) is 2. The normalized spacial score (nSPS) is 16.8. The fourth-order valence-electron chi connectivity index (χ4n) is 3.31. The molecule has 2 aromatic carbocycles. The molecule has 0 aliphatic carbocycles. The zero-order valence-corrected chi connectivity index (χ0v) is 17.2. The highest BCUT2D eigenvalue weighted by Gasteiger charge is 2.29. The number of hydrogen-bond acceptors (Lipinski definition) is 5. The van der Waals surface area contributed by atoms with Gasteiger partial charge >= 0.3 is 6.03 Å². The van der Waals surface area contributed by atoms with E-state index in [1.54, 1.807) is 30.3 Å². The molecule has 1 fully saturated rings. The summed E-state index contributed by atoms with van der Waals surface area (Å²) in [6, 6.07) is 10.1. The summed E-state index contributed by atoms with van der Waals surface area (Å²) in [7, 11) is 0. The number of anilines is 1. The molecular formula is C21H22ClFN4O3. The van der Waals surface area contributed by atoms with Crippen LogP contribution in [0, 0.1) is 5.82 Å². The molecule has 1 aliphatic heterocycles. The van der Waals surface area contributed by atoms with E-state index in [0.717, 1.165) is 5.56 Å². The number of nitrogens with one attached hydrogen (secondary N) is 1. The molecule has 3 N–H and O–H groups in total. The van der Waals surface area contributed by atoms with Crippen molar-refractivity contribution in [2.45, 2.75) is 19.5 Å². The number of carbonyl (C=O) groups excluding carboxylic acids is 2. The second-order valence-corrected chi connectivity index (χ2v) is 7.36. The lowest BCUT2D eigenvalue weighted by Gasteiger charge is -2.40. The van der Waals surface area contributed by atoms with E-state index in [4.69, 9.17) is 22.1 Å². The van der Waals surface area contributed by atoms with Gasteiger partial charge in [-0.1, -0.05) is 23.7 Å². The Labute approximate surface area is 178 Å². The highest BCUT2D eigenvalue weighted by molar-refractivity contribution is 6.31. The maximum Gasteiger partial charge on any atom is 0.316 e. The van der Waals surface area contributed by atoms with Crippen LogP contribution in [0.15, 0.2) is 48.2 Å². The van der Waals surface area contributed by atoms with Crippen molar-refractivity contribution >= 4 is 29.3 Å². The molecule has 0 spiro atoms. The Balaban J connectivity index is 1.66. The number of rotatable bonds is 6. The fraction of sp³-hybridized carbons (Fsp3) is 0.286. The topological polar surface area (TPSA) is 87.9 Å². The molecule has 2 amide bonds. The van der Waals surface area contributed by atoms with Crippen LogP contribution in [0.3, 0.4) is 0 Å². The largest absolute Gasteiger partial charge is 0.476 e. The SMILES string of the molecule is CC1C(=C=O)N(Cc2ccc(F)cc2)CCN1COc1ccc(Cl)cc1NC(N)=O. The quantitative estimate of drug-likeness (QED) is 0.684. The second-order valence-electron chi connectivity index (χ2n) is 6.93. The van der Waals surface area contributed by atoms with Crippen LogP contribution in [-0.2, 0) is 11.3 Å². The van der Waals surface area contributed by atoms with Gasteiger partial charge in [0.25, 0.3) is 0 Å². The van der Waals surface area contributed by atoms with Gasteiger partial charge in [0.05, 0.1) is 11.7 Å². The lowest BCUT2D eigenvalue weighted by Crippen LogP contribution is -2.51.